The molecule has 0 aliphatic carbocycles. The molecule has 0 unspecified atom stereocenters. The van der Waals surface area contributed by atoms with Crippen LogP contribution in [0.4, 0.5) is 4.39 Å². The quantitative estimate of drug-likeness (QED) is 0.800. The Morgan fingerprint density at radius 1 is 1.18 bits per heavy atom. The molecule has 0 aliphatic heterocycles. The fourth-order valence-electron chi connectivity index (χ4n) is 1.67. The van der Waals surface area contributed by atoms with Crippen molar-refractivity contribution in [3.63, 3.8) is 0 Å². The van der Waals surface area contributed by atoms with Gasteiger partial charge in [0.1, 0.15) is 11.6 Å². The van der Waals surface area contributed by atoms with Crippen molar-refractivity contribution in [3.05, 3.63) is 52.8 Å². The Kier molecular flexibility index (Phi) is 3.79. The summed E-state index contributed by atoms with van der Waals surface area (Å²) >= 11 is 3.40. The first kappa shape index (κ1) is 12.1. The molecule has 2 aromatic rings. The monoisotopic (exact) mass is 294 g/mol. The Morgan fingerprint density at radius 3 is 2.71 bits per heavy atom. The minimum atomic E-state index is -0.243. The van der Waals surface area contributed by atoms with Gasteiger partial charge < -0.3 is 4.74 Å². The molecule has 3 heteroatoms. The zero-order valence-electron chi connectivity index (χ0n) is 9.41. The van der Waals surface area contributed by atoms with Crippen molar-refractivity contribution >= 4 is 15.9 Å². The van der Waals surface area contributed by atoms with Crippen LogP contribution in [0.3, 0.4) is 0 Å². The molecule has 2 aromatic carbocycles. The summed E-state index contributed by atoms with van der Waals surface area (Å²) in [7, 11) is 0. The van der Waals surface area contributed by atoms with Crippen LogP contribution in [0.15, 0.2) is 46.9 Å². The molecule has 0 N–H and O–H groups in total. The van der Waals surface area contributed by atoms with Gasteiger partial charge >= 0.3 is 0 Å². The average Bonchev–Trinajstić information content (AvgIpc) is 2.29. The number of ether oxygens (including phenoxy) is 1. The van der Waals surface area contributed by atoms with Crippen LogP contribution >= 0.6 is 15.9 Å². The number of hydrogen-bond acceptors (Lipinski definition) is 1. The van der Waals surface area contributed by atoms with Crippen LogP contribution in [-0.2, 0) is 0 Å². The van der Waals surface area contributed by atoms with Gasteiger partial charge in [0.2, 0.25) is 0 Å². The summed E-state index contributed by atoms with van der Waals surface area (Å²) in [6.07, 6.45) is 0. The summed E-state index contributed by atoms with van der Waals surface area (Å²) in [5, 5.41) is 0. The molecule has 0 amide bonds. The first-order valence-corrected chi connectivity index (χ1v) is 6.18. The van der Waals surface area contributed by atoms with Crippen molar-refractivity contribution in [3.8, 4) is 16.9 Å². The summed E-state index contributed by atoms with van der Waals surface area (Å²) in [5.74, 6) is 0.514. The molecular formula is C14H12BrFO. The van der Waals surface area contributed by atoms with Gasteiger partial charge in [0.05, 0.1) is 6.61 Å². The van der Waals surface area contributed by atoms with E-state index in [2.05, 4.69) is 15.9 Å². The topological polar surface area (TPSA) is 9.23 Å². The number of benzene rings is 2. The van der Waals surface area contributed by atoms with Gasteiger partial charge in [0.25, 0.3) is 0 Å². The van der Waals surface area contributed by atoms with Crippen LogP contribution < -0.4 is 4.74 Å². The molecule has 0 spiro atoms. The summed E-state index contributed by atoms with van der Waals surface area (Å²) < 4.78 is 19.7. The van der Waals surface area contributed by atoms with Crippen molar-refractivity contribution in [1.29, 1.82) is 0 Å². The largest absolute Gasteiger partial charge is 0.493 e. The Labute approximate surface area is 108 Å². The third-order valence-electron chi connectivity index (χ3n) is 2.38. The van der Waals surface area contributed by atoms with E-state index in [1.807, 2.05) is 31.2 Å². The van der Waals surface area contributed by atoms with Gasteiger partial charge in [-0.25, -0.2) is 4.39 Å². The highest BCUT2D eigenvalue weighted by Gasteiger charge is 2.07. The normalized spacial score (nSPS) is 10.3. The molecule has 1 nitrogen and oxygen atoms in total. The predicted molar refractivity (Wildman–Crippen MR) is 70.7 cm³/mol. The first-order valence-electron chi connectivity index (χ1n) is 5.39. The predicted octanol–water partition coefficient (Wildman–Crippen LogP) is 4.65. The molecule has 2 rings (SSSR count). The van der Waals surface area contributed by atoms with E-state index in [1.54, 1.807) is 6.07 Å². The molecule has 0 atom stereocenters. The van der Waals surface area contributed by atoms with E-state index >= 15 is 0 Å². The van der Waals surface area contributed by atoms with Gasteiger partial charge in [-0.15, -0.1) is 0 Å². The highest BCUT2D eigenvalue weighted by atomic mass is 79.9. The number of hydrogen-bond donors (Lipinski definition) is 0. The molecule has 0 aliphatic rings. The van der Waals surface area contributed by atoms with Crippen molar-refractivity contribution in [1.82, 2.24) is 0 Å². The zero-order chi connectivity index (χ0) is 12.3. The van der Waals surface area contributed by atoms with Crippen molar-refractivity contribution in [2.24, 2.45) is 0 Å². The van der Waals surface area contributed by atoms with Crippen molar-refractivity contribution in [2.75, 3.05) is 6.61 Å². The highest BCUT2D eigenvalue weighted by Crippen LogP contribution is 2.32. The molecular weight excluding hydrogens is 283 g/mol. The van der Waals surface area contributed by atoms with Crippen LogP contribution in [-0.4, -0.2) is 6.61 Å². The van der Waals surface area contributed by atoms with Crippen molar-refractivity contribution < 1.29 is 9.13 Å². The second-order valence-electron chi connectivity index (χ2n) is 3.58. The van der Waals surface area contributed by atoms with Crippen LogP contribution in [0.2, 0.25) is 0 Å². The van der Waals surface area contributed by atoms with E-state index in [1.165, 1.54) is 12.1 Å². The summed E-state index contributed by atoms with van der Waals surface area (Å²) in [6, 6.07) is 12.2. The maximum Gasteiger partial charge on any atom is 0.128 e. The second-order valence-corrected chi connectivity index (χ2v) is 4.50. The lowest BCUT2D eigenvalue weighted by molar-refractivity contribution is 0.341. The second kappa shape index (κ2) is 5.32. The third-order valence-corrected chi connectivity index (χ3v) is 2.87. The van der Waals surface area contributed by atoms with Gasteiger partial charge in [-0.05, 0) is 42.8 Å². The molecule has 0 saturated carbocycles. The Bertz CT molecular complexity index is 525. The SMILES string of the molecule is CCOc1cc(Br)ccc1-c1cccc(F)c1. The molecule has 88 valence electrons. The zero-order valence-corrected chi connectivity index (χ0v) is 11.0. The minimum Gasteiger partial charge on any atom is -0.493 e. The van der Waals surface area contributed by atoms with Gasteiger partial charge in [0.15, 0.2) is 0 Å². The van der Waals surface area contributed by atoms with E-state index in [4.69, 9.17) is 4.74 Å². The fourth-order valence-corrected chi connectivity index (χ4v) is 2.01. The molecule has 0 heterocycles. The van der Waals surface area contributed by atoms with E-state index in [9.17, 15) is 4.39 Å². The molecule has 0 bridgehead atoms. The van der Waals surface area contributed by atoms with Gasteiger partial charge in [-0.2, -0.15) is 0 Å². The van der Waals surface area contributed by atoms with E-state index in [0.29, 0.717) is 6.61 Å². The lowest BCUT2D eigenvalue weighted by Gasteiger charge is -2.10. The van der Waals surface area contributed by atoms with Crippen LogP contribution in [0, 0.1) is 5.82 Å². The smallest absolute Gasteiger partial charge is 0.128 e. The minimum absolute atomic E-state index is 0.243. The Morgan fingerprint density at radius 2 is 2.00 bits per heavy atom. The molecule has 0 fully saturated rings. The van der Waals surface area contributed by atoms with Gasteiger partial charge in [-0.1, -0.05) is 28.1 Å². The lowest BCUT2D eigenvalue weighted by Crippen LogP contribution is -1.94. The summed E-state index contributed by atoms with van der Waals surface area (Å²) in [4.78, 5) is 0. The van der Waals surface area contributed by atoms with E-state index < -0.39 is 0 Å². The van der Waals surface area contributed by atoms with Gasteiger partial charge in [0, 0.05) is 10.0 Å². The lowest BCUT2D eigenvalue weighted by atomic mass is 10.0. The first-order chi connectivity index (χ1) is 8.20. The maximum atomic E-state index is 13.2. The molecule has 0 radical (unpaired) electrons. The Hall–Kier alpha value is -1.35. The van der Waals surface area contributed by atoms with Crippen molar-refractivity contribution in [2.45, 2.75) is 6.92 Å². The third kappa shape index (κ3) is 2.86. The summed E-state index contributed by atoms with van der Waals surface area (Å²) in [6.45, 7) is 2.51. The van der Waals surface area contributed by atoms with E-state index in [-0.39, 0.29) is 5.82 Å². The molecule has 0 saturated heterocycles. The highest BCUT2D eigenvalue weighted by molar-refractivity contribution is 9.10. The number of halogens is 2. The molecule has 17 heavy (non-hydrogen) atoms. The molecule has 0 aromatic heterocycles. The standard InChI is InChI=1S/C14H12BrFO/c1-2-17-14-9-11(15)6-7-13(14)10-4-3-5-12(16)8-10/h3-9H,2H2,1H3. The van der Waals surface area contributed by atoms with Crippen LogP contribution in [0.25, 0.3) is 11.1 Å². The fraction of sp³-hybridized carbons (Fsp3) is 0.143. The van der Waals surface area contributed by atoms with Gasteiger partial charge in [-0.3, -0.25) is 0 Å². The Balaban J connectivity index is 2.50. The van der Waals surface area contributed by atoms with Crippen LogP contribution in [0.5, 0.6) is 5.75 Å². The number of rotatable bonds is 3. The van der Waals surface area contributed by atoms with E-state index in [0.717, 1.165) is 21.3 Å². The maximum absolute atomic E-state index is 13.2. The average molecular weight is 295 g/mol. The van der Waals surface area contributed by atoms with Crippen LogP contribution in [0.1, 0.15) is 6.92 Å². The summed E-state index contributed by atoms with van der Waals surface area (Å²) in [5.41, 5.74) is 1.72.